The highest BCUT2D eigenvalue weighted by molar-refractivity contribution is 7.89. The number of nitrogens with one attached hydrogen (secondary N) is 1. The first-order chi connectivity index (χ1) is 15.0. The Morgan fingerprint density at radius 2 is 1.94 bits per heavy atom. The van der Waals surface area contributed by atoms with E-state index in [1.807, 2.05) is 20.8 Å². The highest BCUT2D eigenvalue weighted by Crippen LogP contribution is 2.28. The Labute approximate surface area is 189 Å². The van der Waals surface area contributed by atoms with Crippen molar-refractivity contribution in [1.29, 1.82) is 0 Å². The van der Waals surface area contributed by atoms with Crippen molar-refractivity contribution in [2.24, 2.45) is 0 Å². The van der Waals surface area contributed by atoms with Gasteiger partial charge in [0, 0.05) is 42.6 Å². The molecule has 1 fully saturated rings. The monoisotopic (exact) mass is 463 g/mol. The van der Waals surface area contributed by atoms with Crippen LogP contribution in [-0.2, 0) is 14.8 Å². The van der Waals surface area contributed by atoms with E-state index in [2.05, 4.69) is 11.9 Å². The second-order valence-electron chi connectivity index (χ2n) is 9.22. The first-order valence-electron chi connectivity index (χ1n) is 11.1. The number of benzene rings is 1. The molecule has 2 heterocycles. The van der Waals surface area contributed by atoms with Gasteiger partial charge < -0.3 is 14.6 Å². The fraction of sp³-hybridized carbons (Fsp3) is 0.565. The molecule has 0 unspecified atom stereocenters. The van der Waals surface area contributed by atoms with E-state index in [0.717, 1.165) is 12.8 Å². The molecule has 0 spiro atoms. The van der Waals surface area contributed by atoms with E-state index in [-0.39, 0.29) is 23.0 Å². The molecule has 0 bridgehead atoms. The molecule has 0 saturated carbocycles. The Kier molecular flexibility index (Phi) is 7.29. The number of ether oxygens (including phenoxy) is 1. The van der Waals surface area contributed by atoms with Gasteiger partial charge in [0.25, 0.3) is 5.56 Å². The number of rotatable bonds is 5. The normalized spacial score (nSPS) is 18.5. The summed E-state index contributed by atoms with van der Waals surface area (Å²) in [6.07, 6.45) is 3.95. The first kappa shape index (κ1) is 24.3. The minimum absolute atomic E-state index is 0.119. The van der Waals surface area contributed by atoms with E-state index in [1.165, 1.54) is 10.5 Å². The number of H-pyrrole nitrogens is 1. The number of carbonyl (C=O) groups excluding carboxylic acids is 1. The van der Waals surface area contributed by atoms with E-state index in [9.17, 15) is 18.0 Å². The lowest BCUT2D eigenvalue weighted by Crippen LogP contribution is -2.46. The van der Waals surface area contributed by atoms with Gasteiger partial charge in [-0.3, -0.25) is 4.79 Å². The molecule has 1 N–H and O–H groups in total. The molecule has 176 valence electrons. The lowest BCUT2D eigenvalue weighted by atomic mass is 10.1. The number of nitrogens with zero attached hydrogens (tertiary/aromatic N) is 2. The third-order valence-corrected chi connectivity index (χ3v) is 7.56. The number of aromatic amines is 1. The molecule has 1 amide bonds. The SMILES string of the molecule is CCCC[C@@H]1CN(C(=O)OC(C)(C)C)CCCN1S(=O)(=O)c1cccc2c(=O)[nH]ccc12. The molecular weight excluding hydrogens is 430 g/mol. The maximum atomic E-state index is 13.8. The van der Waals surface area contributed by atoms with Crippen molar-refractivity contribution in [3.05, 3.63) is 40.8 Å². The fourth-order valence-electron chi connectivity index (χ4n) is 4.06. The van der Waals surface area contributed by atoms with Crippen molar-refractivity contribution in [1.82, 2.24) is 14.2 Å². The number of pyridine rings is 1. The number of sulfonamides is 1. The van der Waals surface area contributed by atoms with Gasteiger partial charge in [0.15, 0.2) is 0 Å². The summed E-state index contributed by atoms with van der Waals surface area (Å²) < 4.78 is 34.7. The summed E-state index contributed by atoms with van der Waals surface area (Å²) in [6.45, 7) is 8.51. The zero-order valence-electron chi connectivity index (χ0n) is 19.3. The second kappa shape index (κ2) is 9.62. The van der Waals surface area contributed by atoms with Gasteiger partial charge in [-0.2, -0.15) is 4.31 Å². The van der Waals surface area contributed by atoms with E-state index in [0.29, 0.717) is 36.7 Å². The van der Waals surface area contributed by atoms with Crippen LogP contribution in [0.1, 0.15) is 53.4 Å². The standard InChI is InChI=1S/C23H33N3O5S/c1-5-6-9-17-16-25(22(28)31-23(2,3)4)14-8-15-26(17)32(29,30)20-11-7-10-19-18(20)12-13-24-21(19)27/h7,10-13,17H,5-6,8-9,14-16H2,1-4H3,(H,24,27)/t17-/m1/s1. The molecule has 1 aliphatic heterocycles. The summed E-state index contributed by atoms with van der Waals surface area (Å²) in [5, 5.41) is 0.739. The molecule has 1 aliphatic rings. The van der Waals surface area contributed by atoms with Crippen LogP contribution in [0.2, 0.25) is 0 Å². The number of amides is 1. The van der Waals surface area contributed by atoms with E-state index in [1.54, 1.807) is 29.2 Å². The van der Waals surface area contributed by atoms with Crippen molar-refractivity contribution < 1.29 is 17.9 Å². The van der Waals surface area contributed by atoms with Gasteiger partial charge in [0.1, 0.15) is 5.60 Å². The van der Waals surface area contributed by atoms with Crippen LogP contribution in [0, 0.1) is 0 Å². The van der Waals surface area contributed by atoms with Gasteiger partial charge in [-0.25, -0.2) is 13.2 Å². The Bertz CT molecular complexity index is 1120. The molecule has 1 saturated heterocycles. The van der Waals surface area contributed by atoms with Crippen LogP contribution in [0.25, 0.3) is 10.8 Å². The zero-order chi connectivity index (χ0) is 23.5. The Hall–Kier alpha value is -2.39. The van der Waals surface area contributed by atoms with Crippen LogP contribution in [0.5, 0.6) is 0 Å². The molecule has 32 heavy (non-hydrogen) atoms. The Morgan fingerprint density at radius 3 is 2.62 bits per heavy atom. The van der Waals surface area contributed by atoms with Crippen LogP contribution in [0.15, 0.2) is 40.2 Å². The molecule has 0 aliphatic carbocycles. The number of unbranched alkanes of at least 4 members (excludes halogenated alkanes) is 1. The second-order valence-corrected chi connectivity index (χ2v) is 11.1. The van der Waals surface area contributed by atoms with Crippen LogP contribution in [-0.4, -0.2) is 60.0 Å². The van der Waals surface area contributed by atoms with Crippen molar-refractivity contribution in [3.63, 3.8) is 0 Å². The summed E-state index contributed by atoms with van der Waals surface area (Å²) in [5.41, 5.74) is -0.946. The number of hydrogen-bond donors (Lipinski definition) is 1. The average molecular weight is 464 g/mol. The molecule has 1 atom stereocenters. The van der Waals surface area contributed by atoms with Gasteiger partial charge in [-0.05, 0) is 51.8 Å². The van der Waals surface area contributed by atoms with Crippen LogP contribution < -0.4 is 5.56 Å². The maximum absolute atomic E-state index is 13.8. The molecule has 3 rings (SSSR count). The quantitative estimate of drug-likeness (QED) is 0.728. The molecule has 1 aromatic heterocycles. The Balaban J connectivity index is 1.98. The lowest BCUT2D eigenvalue weighted by molar-refractivity contribution is 0.0238. The molecule has 8 nitrogen and oxygen atoms in total. The van der Waals surface area contributed by atoms with Crippen molar-refractivity contribution in [2.75, 3.05) is 19.6 Å². The topological polar surface area (TPSA) is 99.8 Å². The van der Waals surface area contributed by atoms with Gasteiger partial charge in [-0.15, -0.1) is 0 Å². The zero-order valence-corrected chi connectivity index (χ0v) is 20.1. The third-order valence-electron chi connectivity index (χ3n) is 5.55. The number of aromatic nitrogens is 1. The van der Waals surface area contributed by atoms with Crippen molar-refractivity contribution in [2.45, 2.75) is 69.9 Å². The summed E-state index contributed by atoms with van der Waals surface area (Å²) in [7, 11) is -3.89. The smallest absolute Gasteiger partial charge is 0.410 e. The minimum Gasteiger partial charge on any atom is -0.444 e. The highest BCUT2D eigenvalue weighted by Gasteiger charge is 2.37. The molecule has 1 aromatic carbocycles. The number of hydrogen-bond acceptors (Lipinski definition) is 5. The largest absolute Gasteiger partial charge is 0.444 e. The molecule has 0 radical (unpaired) electrons. The highest BCUT2D eigenvalue weighted by atomic mass is 32.2. The fourth-order valence-corrected chi connectivity index (χ4v) is 5.96. The van der Waals surface area contributed by atoms with Crippen LogP contribution in [0.3, 0.4) is 0 Å². The predicted molar refractivity (Wildman–Crippen MR) is 124 cm³/mol. The average Bonchev–Trinajstić information content (AvgIpc) is 2.94. The van der Waals surface area contributed by atoms with Gasteiger partial charge in [0.05, 0.1) is 4.90 Å². The van der Waals surface area contributed by atoms with Gasteiger partial charge >= 0.3 is 6.09 Å². The minimum atomic E-state index is -3.89. The lowest BCUT2D eigenvalue weighted by Gasteiger charge is -2.32. The molecular formula is C23H33N3O5S. The molecule has 2 aromatic rings. The van der Waals surface area contributed by atoms with Crippen LogP contribution >= 0.6 is 0 Å². The predicted octanol–water partition coefficient (Wildman–Crippen LogP) is 3.72. The third kappa shape index (κ3) is 5.32. The molecule has 9 heteroatoms. The summed E-state index contributed by atoms with van der Waals surface area (Å²) >= 11 is 0. The first-order valence-corrected chi connectivity index (χ1v) is 12.6. The maximum Gasteiger partial charge on any atom is 0.410 e. The number of carbonyl (C=O) groups is 1. The van der Waals surface area contributed by atoms with Gasteiger partial charge in [0.2, 0.25) is 10.0 Å². The van der Waals surface area contributed by atoms with E-state index in [4.69, 9.17) is 4.74 Å². The number of fused-ring (bicyclic) bond motifs is 1. The van der Waals surface area contributed by atoms with Gasteiger partial charge in [-0.1, -0.05) is 25.8 Å². The summed E-state index contributed by atoms with van der Waals surface area (Å²) in [6, 6.07) is 6.01. The summed E-state index contributed by atoms with van der Waals surface area (Å²) in [4.78, 5) is 29.3. The van der Waals surface area contributed by atoms with E-state index >= 15 is 0 Å². The van der Waals surface area contributed by atoms with Crippen molar-refractivity contribution >= 4 is 26.9 Å². The van der Waals surface area contributed by atoms with Crippen LogP contribution in [0.4, 0.5) is 4.79 Å². The van der Waals surface area contributed by atoms with E-state index < -0.39 is 21.7 Å². The summed E-state index contributed by atoms with van der Waals surface area (Å²) in [5.74, 6) is 0. The van der Waals surface area contributed by atoms with Crippen molar-refractivity contribution in [3.8, 4) is 0 Å². The Morgan fingerprint density at radius 1 is 1.19 bits per heavy atom.